The summed E-state index contributed by atoms with van der Waals surface area (Å²) in [6, 6.07) is 6.27. The molecule has 0 amide bonds. The largest absolute Gasteiger partial charge is 0.330 e. The number of halogens is 1. The fourth-order valence-corrected chi connectivity index (χ4v) is 4.20. The van der Waals surface area contributed by atoms with E-state index in [1.807, 2.05) is 6.92 Å². The molecule has 4 nitrogen and oxygen atoms in total. The molecular formula is C12H17ClN2O2S. The van der Waals surface area contributed by atoms with Gasteiger partial charge >= 0.3 is 0 Å². The molecule has 0 aromatic heterocycles. The van der Waals surface area contributed by atoms with Gasteiger partial charge < -0.3 is 5.73 Å². The number of hydrogen-bond donors (Lipinski definition) is 1. The minimum Gasteiger partial charge on any atom is -0.330 e. The van der Waals surface area contributed by atoms with Crippen molar-refractivity contribution in [3.63, 3.8) is 0 Å². The Balaban J connectivity index is 2.29. The summed E-state index contributed by atoms with van der Waals surface area (Å²) in [4.78, 5) is 0.288. The van der Waals surface area contributed by atoms with Crippen LogP contribution in [0, 0.1) is 5.92 Å². The Morgan fingerprint density at radius 3 is 2.50 bits per heavy atom. The molecule has 2 rings (SSSR count). The van der Waals surface area contributed by atoms with Crippen LogP contribution in [0.4, 0.5) is 0 Å². The first kappa shape index (κ1) is 13.8. The second-order valence-electron chi connectivity index (χ2n) is 4.72. The molecule has 1 saturated heterocycles. The van der Waals surface area contributed by atoms with Crippen molar-refractivity contribution in [1.82, 2.24) is 4.31 Å². The molecule has 1 fully saturated rings. The summed E-state index contributed by atoms with van der Waals surface area (Å²) in [5.41, 5.74) is 5.62. The monoisotopic (exact) mass is 288 g/mol. The van der Waals surface area contributed by atoms with Gasteiger partial charge in [0.05, 0.1) is 4.90 Å². The first-order chi connectivity index (χ1) is 8.45. The second-order valence-corrected chi connectivity index (χ2v) is 7.04. The molecule has 1 aliphatic heterocycles. The lowest BCUT2D eigenvalue weighted by Gasteiger charge is -2.21. The fourth-order valence-electron chi connectivity index (χ4n) is 2.36. The van der Waals surface area contributed by atoms with Gasteiger partial charge in [0.1, 0.15) is 0 Å². The summed E-state index contributed by atoms with van der Waals surface area (Å²) in [7, 11) is -3.43. The molecule has 2 unspecified atom stereocenters. The normalized spacial score (nSPS) is 25.5. The van der Waals surface area contributed by atoms with Crippen molar-refractivity contribution >= 4 is 21.6 Å². The molecule has 100 valence electrons. The van der Waals surface area contributed by atoms with Crippen LogP contribution in [0.3, 0.4) is 0 Å². The fraction of sp³-hybridized carbons (Fsp3) is 0.500. The molecule has 0 spiro atoms. The van der Waals surface area contributed by atoms with E-state index >= 15 is 0 Å². The molecule has 2 atom stereocenters. The summed E-state index contributed by atoms with van der Waals surface area (Å²) in [6.45, 7) is 2.95. The Hall–Kier alpha value is -0.620. The zero-order valence-electron chi connectivity index (χ0n) is 10.2. The van der Waals surface area contributed by atoms with Gasteiger partial charge in [-0.3, -0.25) is 0 Å². The van der Waals surface area contributed by atoms with Gasteiger partial charge in [-0.1, -0.05) is 11.6 Å². The van der Waals surface area contributed by atoms with Crippen molar-refractivity contribution in [3.05, 3.63) is 29.3 Å². The molecule has 1 aromatic carbocycles. The molecule has 0 saturated carbocycles. The smallest absolute Gasteiger partial charge is 0.243 e. The van der Waals surface area contributed by atoms with E-state index in [2.05, 4.69) is 0 Å². The van der Waals surface area contributed by atoms with Crippen molar-refractivity contribution in [2.24, 2.45) is 11.7 Å². The van der Waals surface area contributed by atoms with Crippen LogP contribution in [-0.2, 0) is 10.0 Å². The molecule has 1 aliphatic rings. The Bertz CT molecular complexity index is 515. The van der Waals surface area contributed by atoms with Gasteiger partial charge in [0.25, 0.3) is 0 Å². The van der Waals surface area contributed by atoms with Gasteiger partial charge in [-0.25, -0.2) is 8.42 Å². The Morgan fingerprint density at radius 2 is 2.00 bits per heavy atom. The van der Waals surface area contributed by atoms with Gasteiger partial charge in [-0.05, 0) is 50.1 Å². The SMILES string of the molecule is CC1CC(CN)CN1S(=O)(=O)c1ccc(Cl)cc1. The summed E-state index contributed by atoms with van der Waals surface area (Å²) >= 11 is 5.77. The molecule has 0 bridgehead atoms. The van der Waals surface area contributed by atoms with Crippen LogP contribution in [0.15, 0.2) is 29.2 Å². The molecular weight excluding hydrogens is 272 g/mol. The van der Waals surface area contributed by atoms with Crippen LogP contribution in [-0.4, -0.2) is 31.9 Å². The summed E-state index contributed by atoms with van der Waals surface area (Å²) < 4.78 is 26.5. The van der Waals surface area contributed by atoms with E-state index in [9.17, 15) is 8.42 Å². The average Bonchev–Trinajstić information content (AvgIpc) is 2.72. The lowest BCUT2D eigenvalue weighted by atomic mass is 10.1. The summed E-state index contributed by atoms with van der Waals surface area (Å²) in [5, 5.41) is 0.531. The highest BCUT2D eigenvalue weighted by Gasteiger charge is 2.37. The van der Waals surface area contributed by atoms with Crippen LogP contribution >= 0.6 is 11.6 Å². The summed E-state index contributed by atoms with van der Waals surface area (Å²) in [6.07, 6.45) is 0.823. The lowest BCUT2D eigenvalue weighted by molar-refractivity contribution is 0.404. The Morgan fingerprint density at radius 1 is 1.39 bits per heavy atom. The lowest BCUT2D eigenvalue weighted by Crippen LogP contribution is -2.34. The molecule has 0 radical (unpaired) electrons. The highest BCUT2D eigenvalue weighted by Crippen LogP contribution is 2.29. The average molecular weight is 289 g/mol. The third kappa shape index (κ3) is 2.54. The third-order valence-electron chi connectivity index (χ3n) is 3.36. The maximum atomic E-state index is 12.5. The van der Waals surface area contributed by atoms with Gasteiger partial charge in [0.15, 0.2) is 0 Å². The molecule has 1 aromatic rings. The Kier molecular flexibility index (Phi) is 3.96. The van der Waals surface area contributed by atoms with E-state index < -0.39 is 10.0 Å². The zero-order valence-corrected chi connectivity index (χ0v) is 11.8. The van der Waals surface area contributed by atoms with Crippen LogP contribution in [0.2, 0.25) is 5.02 Å². The van der Waals surface area contributed by atoms with Crippen molar-refractivity contribution in [3.8, 4) is 0 Å². The summed E-state index contributed by atoms with van der Waals surface area (Å²) in [5.74, 6) is 0.252. The minimum absolute atomic E-state index is 0.000715. The van der Waals surface area contributed by atoms with E-state index in [1.165, 1.54) is 4.31 Å². The number of nitrogens with zero attached hydrogens (tertiary/aromatic N) is 1. The van der Waals surface area contributed by atoms with Crippen molar-refractivity contribution in [2.45, 2.75) is 24.3 Å². The van der Waals surface area contributed by atoms with Crippen molar-refractivity contribution in [2.75, 3.05) is 13.1 Å². The number of hydrogen-bond acceptors (Lipinski definition) is 3. The highest BCUT2D eigenvalue weighted by atomic mass is 35.5. The predicted octanol–water partition coefficient (Wildman–Crippen LogP) is 1.70. The zero-order chi connectivity index (χ0) is 13.3. The number of benzene rings is 1. The van der Waals surface area contributed by atoms with E-state index in [4.69, 9.17) is 17.3 Å². The topological polar surface area (TPSA) is 63.4 Å². The van der Waals surface area contributed by atoms with Crippen LogP contribution in [0.5, 0.6) is 0 Å². The number of sulfonamides is 1. The van der Waals surface area contributed by atoms with Crippen molar-refractivity contribution < 1.29 is 8.42 Å². The van der Waals surface area contributed by atoms with Crippen LogP contribution in [0.1, 0.15) is 13.3 Å². The van der Waals surface area contributed by atoms with Gasteiger partial charge in [-0.15, -0.1) is 0 Å². The number of rotatable bonds is 3. The molecule has 2 N–H and O–H groups in total. The molecule has 6 heteroatoms. The van der Waals surface area contributed by atoms with Crippen LogP contribution < -0.4 is 5.73 Å². The molecule has 0 aliphatic carbocycles. The van der Waals surface area contributed by atoms with E-state index in [0.29, 0.717) is 18.1 Å². The van der Waals surface area contributed by atoms with Gasteiger partial charge in [0, 0.05) is 17.6 Å². The van der Waals surface area contributed by atoms with Gasteiger partial charge in [0.2, 0.25) is 10.0 Å². The van der Waals surface area contributed by atoms with Crippen LogP contribution in [0.25, 0.3) is 0 Å². The third-order valence-corrected chi connectivity index (χ3v) is 5.60. The standard InChI is InChI=1S/C12H17ClN2O2S/c1-9-6-10(7-14)8-15(9)18(16,17)12-4-2-11(13)3-5-12/h2-5,9-10H,6-8,14H2,1H3. The predicted molar refractivity (Wildman–Crippen MR) is 72.0 cm³/mol. The highest BCUT2D eigenvalue weighted by molar-refractivity contribution is 7.89. The first-order valence-corrected chi connectivity index (χ1v) is 7.74. The first-order valence-electron chi connectivity index (χ1n) is 5.92. The molecule has 1 heterocycles. The van der Waals surface area contributed by atoms with E-state index in [1.54, 1.807) is 24.3 Å². The van der Waals surface area contributed by atoms with E-state index in [0.717, 1.165) is 6.42 Å². The van der Waals surface area contributed by atoms with E-state index in [-0.39, 0.29) is 16.9 Å². The quantitative estimate of drug-likeness (QED) is 0.921. The Labute approximate surface area is 113 Å². The number of nitrogens with two attached hydrogens (primary N) is 1. The van der Waals surface area contributed by atoms with Gasteiger partial charge in [-0.2, -0.15) is 4.31 Å². The maximum Gasteiger partial charge on any atom is 0.243 e. The molecule has 18 heavy (non-hydrogen) atoms. The maximum absolute atomic E-state index is 12.5. The second kappa shape index (κ2) is 5.17. The van der Waals surface area contributed by atoms with Crippen molar-refractivity contribution in [1.29, 1.82) is 0 Å². The minimum atomic E-state index is -3.43.